The minimum atomic E-state index is -0.528. The van der Waals surface area contributed by atoms with E-state index >= 15 is 0 Å². The first kappa shape index (κ1) is 54.6. The Hall–Kier alpha value is -1.36. The summed E-state index contributed by atoms with van der Waals surface area (Å²) in [5.41, 5.74) is 0. The molecule has 1 unspecified atom stereocenters. The number of ether oxygens (including phenoxy) is 3. The fourth-order valence-electron chi connectivity index (χ4n) is 7.51. The summed E-state index contributed by atoms with van der Waals surface area (Å²) in [6, 6.07) is 0. The molecule has 0 heterocycles. The van der Waals surface area contributed by atoms with Crippen LogP contribution in [0.1, 0.15) is 278 Å². The van der Waals surface area contributed by atoms with Gasteiger partial charge in [0.2, 0.25) is 0 Å². The molecule has 0 saturated heterocycles. The monoisotopic (exact) mass is 791 g/mol. The molecule has 0 spiro atoms. The summed E-state index contributed by atoms with van der Waals surface area (Å²) in [6.07, 6.45) is 53.5. The second kappa shape index (κ2) is 48.0. The Labute approximate surface area is 350 Å². The van der Waals surface area contributed by atoms with Crippen LogP contribution in [0.15, 0.2) is 12.2 Å². The Morgan fingerprint density at radius 1 is 0.375 bits per heavy atom. The summed E-state index contributed by atoms with van der Waals surface area (Å²) >= 11 is 0. The van der Waals surface area contributed by atoms with E-state index in [9.17, 15) is 9.59 Å². The molecule has 0 saturated carbocycles. The summed E-state index contributed by atoms with van der Waals surface area (Å²) in [4.78, 5) is 25.3. The van der Waals surface area contributed by atoms with Crippen LogP contribution in [0.4, 0.5) is 0 Å². The van der Waals surface area contributed by atoms with Crippen molar-refractivity contribution in [1.29, 1.82) is 0 Å². The first-order valence-electron chi connectivity index (χ1n) is 25.2. The van der Waals surface area contributed by atoms with Crippen molar-refractivity contribution in [3.8, 4) is 0 Å². The molecule has 332 valence electrons. The van der Waals surface area contributed by atoms with E-state index in [-0.39, 0.29) is 18.5 Å². The Bertz CT molecular complexity index is 810. The lowest BCUT2D eigenvalue weighted by molar-refractivity contribution is -0.163. The topological polar surface area (TPSA) is 61.8 Å². The normalized spacial score (nSPS) is 12.1. The minimum Gasteiger partial charge on any atom is -0.462 e. The first-order valence-corrected chi connectivity index (χ1v) is 25.2. The van der Waals surface area contributed by atoms with Crippen molar-refractivity contribution in [2.24, 2.45) is 0 Å². The van der Waals surface area contributed by atoms with Gasteiger partial charge in [0.15, 0.2) is 6.10 Å². The zero-order valence-electron chi connectivity index (χ0n) is 38.2. The zero-order chi connectivity index (χ0) is 40.7. The van der Waals surface area contributed by atoms with Crippen molar-refractivity contribution < 1.29 is 23.8 Å². The molecule has 5 nitrogen and oxygen atoms in total. The molecule has 5 heteroatoms. The number of carbonyl (C=O) groups excluding carboxylic acids is 2. The number of hydrogen-bond donors (Lipinski definition) is 0. The lowest BCUT2D eigenvalue weighted by atomic mass is 10.0. The smallest absolute Gasteiger partial charge is 0.306 e. The largest absolute Gasteiger partial charge is 0.462 e. The van der Waals surface area contributed by atoms with Gasteiger partial charge >= 0.3 is 11.9 Å². The maximum atomic E-state index is 12.8. The molecule has 1 atom stereocenters. The maximum absolute atomic E-state index is 12.8. The highest BCUT2D eigenvalue weighted by Crippen LogP contribution is 2.16. The molecule has 0 aliphatic rings. The number of hydrogen-bond acceptors (Lipinski definition) is 5. The number of carbonyl (C=O) groups is 2. The van der Waals surface area contributed by atoms with Gasteiger partial charge < -0.3 is 14.2 Å². The van der Waals surface area contributed by atoms with Crippen LogP contribution in [-0.2, 0) is 23.8 Å². The van der Waals surface area contributed by atoms with Crippen molar-refractivity contribution in [2.75, 3.05) is 19.8 Å². The van der Waals surface area contributed by atoms with E-state index in [1.807, 2.05) is 0 Å². The van der Waals surface area contributed by atoms with Crippen LogP contribution in [0.2, 0.25) is 0 Å². The van der Waals surface area contributed by atoms with Gasteiger partial charge in [0.05, 0.1) is 6.61 Å². The van der Waals surface area contributed by atoms with Crippen LogP contribution in [0.5, 0.6) is 0 Å². The second-order valence-electron chi connectivity index (χ2n) is 17.1. The summed E-state index contributed by atoms with van der Waals surface area (Å²) in [5, 5.41) is 0. The van der Waals surface area contributed by atoms with Crippen molar-refractivity contribution in [1.82, 2.24) is 0 Å². The maximum Gasteiger partial charge on any atom is 0.306 e. The molecule has 0 bridgehead atoms. The molecule has 56 heavy (non-hydrogen) atoms. The van der Waals surface area contributed by atoms with Crippen LogP contribution < -0.4 is 0 Å². The van der Waals surface area contributed by atoms with E-state index < -0.39 is 6.10 Å². The highest BCUT2D eigenvalue weighted by Gasteiger charge is 2.17. The van der Waals surface area contributed by atoms with E-state index in [0.29, 0.717) is 26.1 Å². The molecule has 0 rings (SSSR count). The van der Waals surface area contributed by atoms with Gasteiger partial charge in [-0.2, -0.15) is 0 Å². The highest BCUT2D eigenvalue weighted by atomic mass is 16.6. The third-order valence-electron chi connectivity index (χ3n) is 11.3. The van der Waals surface area contributed by atoms with Gasteiger partial charge in [0.1, 0.15) is 6.61 Å². The van der Waals surface area contributed by atoms with E-state index in [1.54, 1.807) is 0 Å². The quantitative estimate of drug-likeness (QED) is 0.0349. The highest BCUT2D eigenvalue weighted by molar-refractivity contribution is 5.70. The molecule has 0 aliphatic carbocycles. The fraction of sp³-hybridized carbons (Fsp3) is 0.922. The average Bonchev–Trinajstić information content (AvgIpc) is 3.20. The van der Waals surface area contributed by atoms with Gasteiger partial charge in [0, 0.05) is 19.4 Å². The van der Waals surface area contributed by atoms with Crippen molar-refractivity contribution in [3.05, 3.63) is 12.2 Å². The third kappa shape index (κ3) is 45.3. The molecule has 0 radical (unpaired) electrons. The Balaban J connectivity index is 4.19. The van der Waals surface area contributed by atoms with Crippen LogP contribution in [0, 0.1) is 0 Å². The van der Waals surface area contributed by atoms with Gasteiger partial charge in [-0.25, -0.2) is 0 Å². The summed E-state index contributed by atoms with van der Waals surface area (Å²) in [5.74, 6) is -0.388. The van der Waals surface area contributed by atoms with Gasteiger partial charge in [-0.1, -0.05) is 232 Å². The molecule has 0 amide bonds. The predicted molar refractivity (Wildman–Crippen MR) is 242 cm³/mol. The Morgan fingerprint density at radius 3 is 1.09 bits per heavy atom. The van der Waals surface area contributed by atoms with Crippen molar-refractivity contribution in [2.45, 2.75) is 284 Å². The van der Waals surface area contributed by atoms with Crippen LogP contribution in [0.25, 0.3) is 0 Å². The van der Waals surface area contributed by atoms with Gasteiger partial charge in [-0.05, 0) is 44.9 Å². The van der Waals surface area contributed by atoms with Gasteiger partial charge in [-0.15, -0.1) is 0 Å². The second-order valence-corrected chi connectivity index (χ2v) is 17.1. The van der Waals surface area contributed by atoms with E-state index in [1.165, 1.54) is 205 Å². The summed E-state index contributed by atoms with van der Waals surface area (Å²) in [6.45, 7) is 7.86. The Morgan fingerprint density at radius 2 is 0.696 bits per heavy atom. The van der Waals surface area contributed by atoms with Crippen LogP contribution in [0.3, 0.4) is 0 Å². The third-order valence-corrected chi connectivity index (χ3v) is 11.3. The molecule has 0 N–H and O–H groups in total. The molecule has 0 aromatic carbocycles. The van der Waals surface area contributed by atoms with E-state index in [2.05, 4.69) is 32.9 Å². The number of esters is 2. The van der Waals surface area contributed by atoms with Crippen LogP contribution in [-0.4, -0.2) is 37.9 Å². The molecule has 0 aliphatic heterocycles. The molecular weight excluding hydrogens is 693 g/mol. The number of rotatable bonds is 47. The minimum absolute atomic E-state index is 0.0898. The first-order chi connectivity index (χ1) is 27.6. The summed E-state index contributed by atoms with van der Waals surface area (Å²) < 4.78 is 17.4. The summed E-state index contributed by atoms with van der Waals surface area (Å²) in [7, 11) is 0. The number of unbranched alkanes of at least 4 members (excludes halogenated alkanes) is 34. The predicted octanol–water partition coefficient (Wildman–Crippen LogP) is 16.7. The standard InChI is InChI=1S/C51H98O5/c1-4-7-10-13-16-19-22-24-26-28-30-32-35-38-41-44-50(52)55-48-49(47-54-46-43-40-37-34-21-18-15-12-9-6-3)56-51(53)45-42-39-36-33-31-29-27-25-23-20-17-14-11-8-5-2/h24,26,49H,4-23,25,27-48H2,1-3H3/b26-24-. The Kier molecular flexibility index (Phi) is 46.8. The van der Waals surface area contributed by atoms with Crippen molar-refractivity contribution >= 4 is 11.9 Å². The van der Waals surface area contributed by atoms with Crippen LogP contribution >= 0.6 is 0 Å². The molecule has 0 fully saturated rings. The van der Waals surface area contributed by atoms with E-state index in [4.69, 9.17) is 14.2 Å². The van der Waals surface area contributed by atoms with Gasteiger partial charge in [0.25, 0.3) is 0 Å². The molecule has 0 aromatic heterocycles. The van der Waals surface area contributed by atoms with E-state index in [0.717, 1.165) is 38.5 Å². The average molecular weight is 791 g/mol. The van der Waals surface area contributed by atoms with Crippen molar-refractivity contribution in [3.63, 3.8) is 0 Å². The zero-order valence-corrected chi connectivity index (χ0v) is 38.2. The fourth-order valence-corrected chi connectivity index (χ4v) is 7.51. The molecular formula is C51H98O5. The number of allylic oxidation sites excluding steroid dienone is 2. The SMILES string of the molecule is CCCCCCCC/C=C\CCCCCCCC(=O)OCC(COCCCCCCCCCCCC)OC(=O)CCCCCCCCCCCCCCCCC. The molecule has 0 aromatic rings. The lowest BCUT2D eigenvalue weighted by Crippen LogP contribution is -2.30. The lowest BCUT2D eigenvalue weighted by Gasteiger charge is -2.18. The van der Waals surface area contributed by atoms with Gasteiger partial charge in [-0.3, -0.25) is 9.59 Å².